The second-order valence-corrected chi connectivity index (χ2v) is 2.53. The number of H-pyrrole nitrogens is 1. The lowest BCUT2D eigenvalue weighted by molar-refractivity contribution is 0.1000. The molecule has 0 unspecified atom stereocenters. The Kier molecular flexibility index (Phi) is 1.33. The number of amides is 1. The normalized spacial score (nSPS) is 10.3. The van der Waals surface area contributed by atoms with E-state index in [1.165, 1.54) is 0 Å². The highest BCUT2D eigenvalue weighted by Crippen LogP contribution is 2.18. The van der Waals surface area contributed by atoms with Gasteiger partial charge in [-0.25, -0.2) is 0 Å². The van der Waals surface area contributed by atoms with Crippen LogP contribution in [0.25, 0.3) is 11.3 Å². The molecule has 2 heterocycles. The predicted molar refractivity (Wildman–Crippen MR) is 44.8 cm³/mol. The number of carbonyl (C=O) groups excluding carboxylic acids is 1. The predicted octanol–water partition coefficient (Wildman–Crippen LogP) is 0.726. The van der Waals surface area contributed by atoms with Gasteiger partial charge in [-0.05, 0) is 6.07 Å². The van der Waals surface area contributed by atoms with E-state index >= 15 is 0 Å². The highest BCUT2D eigenvalue weighted by molar-refractivity contribution is 5.93. The summed E-state index contributed by atoms with van der Waals surface area (Å²) in [5.74, 6) is -0.436. The minimum absolute atomic E-state index is 0. The smallest absolute Gasteiger partial charge is 0.366 e. The fraction of sp³-hybridized carbons (Fsp3) is 0. The second kappa shape index (κ2) is 2.34. The number of rotatable bonds is 1. The summed E-state index contributed by atoms with van der Waals surface area (Å²) in [7, 11) is 0. The highest BCUT2D eigenvalue weighted by atomic mass is 16.1. The van der Waals surface area contributed by atoms with Gasteiger partial charge in [-0.2, -0.15) is 0 Å². The molecular formula is C8H8N3O+. The Balaban J connectivity index is 0.000000845. The zero-order valence-electron chi connectivity index (χ0n) is 7.24. The number of nitrogens with one attached hydrogen (secondary N) is 1. The lowest BCUT2D eigenvalue weighted by Crippen LogP contribution is -2.11. The van der Waals surface area contributed by atoms with Gasteiger partial charge in [-0.3, -0.25) is 9.78 Å². The van der Waals surface area contributed by atoms with Crippen molar-refractivity contribution in [2.45, 2.75) is 0 Å². The highest BCUT2D eigenvalue weighted by Gasteiger charge is 2.06. The summed E-state index contributed by atoms with van der Waals surface area (Å²) in [6.45, 7) is 0. The number of hydrogen-bond donors (Lipinski definition) is 2. The molecule has 0 aromatic heterocycles. The van der Waals surface area contributed by atoms with Gasteiger partial charge in [0.2, 0.25) is 5.91 Å². The fourth-order valence-corrected chi connectivity index (χ4v) is 1.08. The van der Waals surface area contributed by atoms with Gasteiger partial charge in [-0.15, -0.1) is 0 Å². The van der Waals surface area contributed by atoms with Gasteiger partial charge in [0.1, 0.15) is 0 Å². The molecule has 0 bridgehead atoms. The van der Waals surface area contributed by atoms with Crippen LogP contribution >= 0.6 is 0 Å². The van der Waals surface area contributed by atoms with E-state index in [9.17, 15) is 4.79 Å². The summed E-state index contributed by atoms with van der Waals surface area (Å²) in [6.07, 6.45) is 4.95. The van der Waals surface area contributed by atoms with E-state index in [1.54, 1.807) is 24.7 Å². The van der Waals surface area contributed by atoms with Gasteiger partial charge in [0.25, 0.3) is 0 Å². The molecule has 2 aliphatic rings. The number of aromatic amines is 1. The van der Waals surface area contributed by atoms with E-state index in [4.69, 9.17) is 5.73 Å². The Bertz CT molecular complexity index is 398. The lowest BCUT2D eigenvalue weighted by atomic mass is 10.1. The topological polar surface area (TPSA) is 71.8 Å². The van der Waals surface area contributed by atoms with Gasteiger partial charge >= 0.3 is 1.43 Å². The molecule has 60 valence electrons. The molecule has 0 atom stereocenters. The third-order valence-electron chi connectivity index (χ3n) is 1.71. The van der Waals surface area contributed by atoms with Crippen LogP contribution in [0.1, 0.15) is 11.8 Å². The van der Waals surface area contributed by atoms with Crippen molar-refractivity contribution < 1.29 is 6.22 Å². The maximum absolute atomic E-state index is 10.7. The van der Waals surface area contributed by atoms with Crippen LogP contribution in [0.3, 0.4) is 0 Å². The van der Waals surface area contributed by atoms with Crippen LogP contribution in [0.5, 0.6) is 0 Å². The minimum atomic E-state index is -0.436. The van der Waals surface area contributed by atoms with E-state index in [2.05, 4.69) is 9.97 Å². The van der Waals surface area contributed by atoms with Crippen LogP contribution in [0.2, 0.25) is 0 Å². The molecule has 1 amide bonds. The Hall–Kier alpha value is -1.84. The number of nitrogens with zero attached hydrogens (tertiary/aromatic N) is 1. The van der Waals surface area contributed by atoms with Crippen LogP contribution in [-0.2, 0) is 0 Å². The van der Waals surface area contributed by atoms with Gasteiger partial charge in [0.15, 0.2) is 0 Å². The molecule has 0 aliphatic carbocycles. The molecule has 3 N–H and O–H groups in total. The van der Waals surface area contributed by atoms with Crippen molar-refractivity contribution in [3.05, 3.63) is 30.2 Å². The van der Waals surface area contributed by atoms with E-state index < -0.39 is 5.91 Å². The first-order valence-corrected chi connectivity index (χ1v) is 3.49. The summed E-state index contributed by atoms with van der Waals surface area (Å²) >= 11 is 0. The summed E-state index contributed by atoms with van der Waals surface area (Å²) in [5.41, 5.74) is 7.36. The van der Waals surface area contributed by atoms with E-state index in [1.807, 2.05) is 0 Å². The van der Waals surface area contributed by atoms with E-state index in [-0.39, 0.29) is 1.43 Å². The van der Waals surface area contributed by atoms with Crippen LogP contribution in [0.4, 0.5) is 0 Å². The lowest BCUT2D eigenvalue weighted by Gasteiger charge is -1.99. The molecule has 0 radical (unpaired) electrons. The quantitative estimate of drug-likeness (QED) is 0.648. The molecule has 2 aliphatic heterocycles. The van der Waals surface area contributed by atoms with Crippen molar-refractivity contribution >= 4 is 5.91 Å². The standard InChI is InChI=1S/C8H7N3O/c9-8(12)6-1-5-2-10-4-7(5)11-3-6/h1-4,11H,(H2,9,12)/p+1. The molecule has 2 rings (SSSR count). The Morgan fingerprint density at radius 1 is 1.58 bits per heavy atom. The molecule has 0 saturated carbocycles. The summed E-state index contributed by atoms with van der Waals surface area (Å²) in [4.78, 5) is 17.6. The molecule has 0 aromatic rings. The third-order valence-corrected chi connectivity index (χ3v) is 1.71. The zero-order chi connectivity index (χ0) is 8.55. The van der Waals surface area contributed by atoms with Crippen molar-refractivity contribution in [2.24, 2.45) is 5.73 Å². The second-order valence-electron chi connectivity index (χ2n) is 2.53. The van der Waals surface area contributed by atoms with E-state index in [0.717, 1.165) is 11.3 Å². The maximum Gasteiger partial charge on any atom is 1.00 e. The third kappa shape index (κ3) is 0.934. The van der Waals surface area contributed by atoms with Gasteiger partial charge in [0.05, 0.1) is 17.5 Å². The monoisotopic (exact) mass is 162 g/mol. The molecule has 12 heavy (non-hydrogen) atoms. The Morgan fingerprint density at radius 2 is 2.42 bits per heavy atom. The number of hydrogen-bond acceptors (Lipinski definition) is 2. The maximum atomic E-state index is 10.7. The van der Waals surface area contributed by atoms with Crippen molar-refractivity contribution in [1.82, 2.24) is 9.97 Å². The number of nitrogens with two attached hydrogens (primary N) is 1. The van der Waals surface area contributed by atoms with Crippen molar-refractivity contribution in [1.29, 1.82) is 0 Å². The number of pyridine rings is 1. The molecule has 0 spiro atoms. The summed E-state index contributed by atoms with van der Waals surface area (Å²) < 4.78 is 0. The van der Waals surface area contributed by atoms with Crippen LogP contribution in [0, 0.1) is 0 Å². The van der Waals surface area contributed by atoms with Crippen molar-refractivity contribution in [2.75, 3.05) is 0 Å². The number of carbonyl (C=O) groups is 1. The molecule has 4 nitrogen and oxygen atoms in total. The minimum Gasteiger partial charge on any atom is -0.366 e. The molecule has 0 aromatic carbocycles. The summed E-state index contributed by atoms with van der Waals surface area (Å²) in [5, 5.41) is 0. The summed E-state index contributed by atoms with van der Waals surface area (Å²) in [6, 6.07) is 1.71. The first kappa shape index (κ1) is 6.84. The fourth-order valence-electron chi connectivity index (χ4n) is 1.08. The van der Waals surface area contributed by atoms with E-state index in [0.29, 0.717) is 5.56 Å². The largest absolute Gasteiger partial charge is 1.00 e. The first-order chi connectivity index (χ1) is 5.77. The number of fused-ring (bicyclic) bond motifs is 1. The Morgan fingerprint density at radius 3 is 3.17 bits per heavy atom. The molecule has 0 saturated heterocycles. The molecule has 0 fully saturated rings. The van der Waals surface area contributed by atoms with Gasteiger partial charge < -0.3 is 10.7 Å². The number of aromatic nitrogens is 2. The Labute approximate surface area is 70.2 Å². The zero-order valence-corrected chi connectivity index (χ0v) is 6.24. The average molecular weight is 162 g/mol. The van der Waals surface area contributed by atoms with Gasteiger partial charge in [-0.1, -0.05) is 0 Å². The van der Waals surface area contributed by atoms with Gasteiger partial charge in [0, 0.05) is 18.0 Å². The first-order valence-electron chi connectivity index (χ1n) is 3.49. The van der Waals surface area contributed by atoms with Crippen LogP contribution < -0.4 is 5.73 Å². The van der Waals surface area contributed by atoms with Crippen molar-refractivity contribution in [3.8, 4) is 11.3 Å². The number of primary amides is 1. The van der Waals surface area contributed by atoms with Crippen LogP contribution in [0.15, 0.2) is 24.7 Å². The molecule has 4 heteroatoms. The van der Waals surface area contributed by atoms with Crippen LogP contribution in [-0.4, -0.2) is 15.9 Å². The SMILES string of the molecule is NC(=O)c1c[nH]c2cncc-2c1.[H+]. The molecular weight excluding hydrogens is 154 g/mol. The average Bonchev–Trinajstić information content (AvgIpc) is 2.49. The van der Waals surface area contributed by atoms with Crippen molar-refractivity contribution in [3.63, 3.8) is 0 Å².